The normalized spacial score (nSPS) is 10.5. The summed E-state index contributed by atoms with van der Waals surface area (Å²) in [5.74, 6) is 0.117. The van der Waals surface area contributed by atoms with Gasteiger partial charge in [0.2, 0.25) is 5.91 Å². The number of aryl methyl sites for hydroxylation is 3. The minimum atomic E-state index is 0.117. The summed E-state index contributed by atoms with van der Waals surface area (Å²) in [6.07, 6.45) is 4.27. The maximum Gasteiger partial charge on any atom is 0.224 e. The van der Waals surface area contributed by atoms with Crippen LogP contribution in [0.4, 0.5) is 5.69 Å². The molecular weight excluding hydrogens is 270 g/mol. The Labute approximate surface area is 133 Å². The van der Waals surface area contributed by atoms with E-state index in [-0.39, 0.29) is 5.91 Å². The maximum atomic E-state index is 12.2. The molecule has 0 aromatic heterocycles. The van der Waals surface area contributed by atoms with Gasteiger partial charge in [-0.25, -0.2) is 0 Å². The molecule has 0 aliphatic carbocycles. The number of anilines is 1. The third-order valence-corrected chi connectivity index (χ3v) is 3.98. The molecule has 1 amide bonds. The van der Waals surface area contributed by atoms with E-state index >= 15 is 0 Å². The molecule has 2 aromatic carbocycles. The van der Waals surface area contributed by atoms with E-state index in [9.17, 15) is 4.79 Å². The fourth-order valence-electron chi connectivity index (χ4n) is 2.70. The number of carbonyl (C=O) groups is 1. The van der Waals surface area contributed by atoms with Gasteiger partial charge in [0.25, 0.3) is 0 Å². The summed E-state index contributed by atoms with van der Waals surface area (Å²) < 4.78 is 0. The van der Waals surface area contributed by atoms with E-state index in [1.807, 2.05) is 18.2 Å². The van der Waals surface area contributed by atoms with Crippen molar-refractivity contribution in [1.82, 2.24) is 0 Å². The van der Waals surface area contributed by atoms with Gasteiger partial charge in [-0.3, -0.25) is 4.79 Å². The van der Waals surface area contributed by atoms with Crippen LogP contribution in [0.5, 0.6) is 0 Å². The van der Waals surface area contributed by atoms with Gasteiger partial charge in [-0.2, -0.15) is 0 Å². The number of benzene rings is 2. The summed E-state index contributed by atoms with van der Waals surface area (Å²) in [4.78, 5) is 12.2. The van der Waals surface area contributed by atoms with E-state index in [2.05, 4.69) is 49.5 Å². The first-order valence-electron chi connectivity index (χ1n) is 8.19. The molecule has 116 valence electrons. The van der Waals surface area contributed by atoms with Crippen LogP contribution < -0.4 is 5.32 Å². The van der Waals surface area contributed by atoms with Crippen LogP contribution in [-0.2, 0) is 24.1 Å². The lowest BCUT2D eigenvalue weighted by atomic mass is 10.0. The van der Waals surface area contributed by atoms with Gasteiger partial charge < -0.3 is 5.32 Å². The molecule has 1 N–H and O–H groups in total. The Morgan fingerprint density at radius 3 is 2.14 bits per heavy atom. The first-order valence-corrected chi connectivity index (χ1v) is 8.19. The predicted molar refractivity (Wildman–Crippen MR) is 93.2 cm³/mol. The SMILES string of the molecule is CCc1cccc(CC)c1NC(=O)CCCc1ccccc1. The Hall–Kier alpha value is -2.09. The highest BCUT2D eigenvalue weighted by Crippen LogP contribution is 2.23. The van der Waals surface area contributed by atoms with Crippen molar-refractivity contribution < 1.29 is 4.79 Å². The zero-order chi connectivity index (χ0) is 15.8. The van der Waals surface area contributed by atoms with E-state index in [0.29, 0.717) is 6.42 Å². The van der Waals surface area contributed by atoms with E-state index in [1.165, 1.54) is 16.7 Å². The highest BCUT2D eigenvalue weighted by Gasteiger charge is 2.09. The summed E-state index contributed by atoms with van der Waals surface area (Å²) in [5.41, 5.74) is 4.75. The van der Waals surface area contributed by atoms with E-state index in [4.69, 9.17) is 0 Å². The van der Waals surface area contributed by atoms with Gasteiger partial charge in [0, 0.05) is 12.1 Å². The second kappa shape index (κ2) is 8.38. The second-order valence-corrected chi connectivity index (χ2v) is 5.55. The smallest absolute Gasteiger partial charge is 0.224 e. The molecular formula is C20H25NO. The number of amides is 1. The molecule has 0 aliphatic heterocycles. The first kappa shape index (κ1) is 16.3. The van der Waals surface area contributed by atoms with Gasteiger partial charge >= 0.3 is 0 Å². The van der Waals surface area contributed by atoms with Crippen molar-refractivity contribution in [3.63, 3.8) is 0 Å². The van der Waals surface area contributed by atoms with Crippen molar-refractivity contribution in [1.29, 1.82) is 0 Å². The second-order valence-electron chi connectivity index (χ2n) is 5.55. The average Bonchev–Trinajstić information content (AvgIpc) is 2.56. The van der Waals surface area contributed by atoms with Gasteiger partial charge in [-0.05, 0) is 42.4 Å². The average molecular weight is 295 g/mol. The van der Waals surface area contributed by atoms with Crippen molar-refractivity contribution in [2.75, 3.05) is 5.32 Å². The maximum absolute atomic E-state index is 12.2. The van der Waals surface area contributed by atoms with Crippen LogP contribution in [0.1, 0.15) is 43.4 Å². The molecule has 0 saturated carbocycles. The van der Waals surface area contributed by atoms with Crippen LogP contribution in [-0.4, -0.2) is 5.91 Å². The van der Waals surface area contributed by atoms with Gasteiger partial charge in [-0.1, -0.05) is 62.4 Å². The summed E-state index contributed by atoms with van der Waals surface area (Å²) >= 11 is 0. The summed E-state index contributed by atoms with van der Waals surface area (Å²) in [6, 6.07) is 16.6. The predicted octanol–water partition coefficient (Wildman–Crippen LogP) is 4.77. The van der Waals surface area contributed by atoms with Crippen LogP contribution in [0.25, 0.3) is 0 Å². The monoisotopic (exact) mass is 295 g/mol. The van der Waals surface area contributed by atoms with Crippen molar-refractivity contribution >= 4 is 11.6 Å². The van der Waals surface area contributed by atoms with E-state index in [0.717, 1.165) is 31.4 Å². The van der Waals surface area contributed by atoms with Crippen molar-refractivity contribution in [2.45, 2.75) is 46.0 Å². The molecule has 22 heavy (non-hydrogen) atoms. The summed E-state index contributed by atoms with van der Waals surface area (Å²) in [5, 5.41) is 3.13. The molecule has 2 heteroatoms. The molecule has 2 nitrogen and oxygen atoms in total. The van der Waals surface area contributed by atoms with Crippen molar-refractivity contribution in [3.05, 3.63) is 65.2 Å². The Balaban J connectivity index is 1.92. The molecule has 0 aliphatic rings. The number of carbonyl (C=O) groups excluding carboxylic acids is 1. The zero-order valence-electron chi connectivity index (χ0n) is 13.6. The van der Waals surface area contributed by atoms with Crippen LogP contribution >= 0.6 is 0 Å². The minimum absolute atomic E-state index is 0.117. The molecule has 0 heterocycles. The highest BCUT2D eigenvalue weighted by atomic mass is 16.1. The largest absolute Gasteiger partial charge is 0.326 e. The Morgan fingerprint density at radius 1 is 0.909 bits per heavy atom. The molecule has 0 saturated heterocycles. The minimum Gasteiger partial charge on any atom is -0.326 e. The van der Waals surface area contributed by atoms with Crippen LogP contribution in [0.3, 0.4) is 0 Å². The third kappa shape index (κ3) is 4.45. The lowest BCUT2D eigenvalue weighted by molar-refractivity contribution is -0.116. The van der Waals surface area contributed by atoms with Crippen molar-refractivity contribution in [2.24, 2.45) is 0 Å². The lowest BCUT2D eigenvalue weighted by Crippen LogP contribution is -2.14. The lowest BCUT2D eigenvalue weighted by Gasteiger charge is -2.14. The molecule has 2 aromatic rings. The third-order valence-electron chi connectivity index (χ3n) is 3.98. The molecule has 0 spiro atoms. The van der Waals surface area contributed by atoms with Crippen LogP contribution in [0.2, 0.25) is 0 Å². The van der Waals surface area contributed by atoms with E-state index < -0.39 is 0 Å². The first-order chi connectivity index (χ1) is 10.7. The number of rotatable bonds is 7. The quantitative estimate of drug-likeness (QED) is 0.783. The van der Waals surface area contributed by atoms with Crippen molar-refractivity contribution in [3.8, 4) is 0 Å². The summed E-state index contributed by atoms with van der Waals surface area (Å²) in [6.45, 7) is 4.25. The number of hydrogen-bond donors (Lipinski definition) is 1. The standard InChI is InChI=1S/C20H25NO/c1-3-17-13-9-14-18(4-2)20(17)21-19(22)15-8-12-16-10-6-5-7-11-16/h5-7,9-11,13-14H,3-4,8,12,15H2,1-2H3,(H,21,22). The fraction of sp³-hybridized carbons (Fsp3) is 0.350. The van der Waals surface area contributed by atoms with Gasteiger partial charge in [0.15, 0.2) is 0 Å². The highest BCUT2D eigenvalue weighted by molar-refractivity contribution is 5.92. The zero-order valence-corrected chi connectivity index (χ0v) is 13.6. The molecule has 0 atom stereocenters. The van der Waals surface area contributed by atoms with Gasteiger partial charge in [-0.15, -0.1) is 0 Å². The molecule has 0 unspecified atom stereocenters. The number of para-hydroxylation sites is 1. The van der Waals surface area contributed by atoms with E-state index in [1.54, 1.807) is 0 Å². The fourth-order valence-corrected chi connectivity index (χ4v) is 2.70. The Bertz CT molecular complexity index is 582. The molecule has 0 bridgehead atoms. The molecule has 0 fully saturated rings. The van der Waals surface area contributed by atoms with Crippen LogP contribution in [0.15, 0.2) is 48.5 Å². The van der Waals surface area contributed by atoms with Gasteiger partial charge in [0.1, 0.15) is 0 Å². The summed E-state index contributed by atoms with van der Waals surface area (Å²) in [7, 11) is 0. The molecule has 0 radical (unpaired) electrons. The Morgan fingerprint density at radius 2 is 1.55 bits per heavy atom. The number of hydrogen-bond acceptors (Lipinski definition) is 1. The topological polar surface area (TPSA) is 29.1 Å². The molecule has 2 rings (SSSR count). The number of nitrogens with one attached hydrogen (secondary N) is 1. The Kier molecular flexibility index (Phi) is 6.20. The van der Waals surface area contributed by atoms with Gasteiger partial charge in [0.05, 0.1) is 0 Å². The van der Waals surface area contributed by atoms with Crippen LogP contribution in [0, 0.1) is 0 Å².